The van der Waals surface area contributed by atoms with Crippen LogP contribution in [0.4, 0.5) is 0 Å². The molecule has 2 aromatic carbocycles. The number of aromatic nitrogens is 2. The molecule has 0 amide bonds. The van der Waals surface area contributed by atoms with Crippen molar-refractivity contribution >= 4 is 0 Å². The molecule has 190 valence electrons. The van der Waals surface area contributed by atoms with Gasteiger partial charge in [0.05, 0.1) is 37.0 Å². The first kappa shape index (κ1) is 33.3. The van der Waals surface area contributed by atoms with Gasteiger partial charge < -0.3 is 56.9 Å². The van der Waals surface area contributed by atoms with Gasteiger partial charge in [0.1, 0.15) is 0 Å². The Hall–Kier alpha value is -2.67. The zero-order valence-electron chi connectivity index (χ0n) is 19.9. The molecule has 0 saturated heterocycles. The number of aromatic hydroxyl groups is 2. The second-order valence-electron chi connectivity index (χ2n) is 7.54. The van der Waals surface area contributed by atoms with Gasteiger partial charge in [0, 0.05) is 11.1 Å². The third-order valence-electron chi connectivity index (χ3n) is 5.19. The molecule has 2 aromatic heterocycles. The van der Waals surface area contributed by atoms with Crippen molar-refractivity contribution in [1.29, 1.82) is 0 Å². The molecule has 2 N–H and O–H groups in total. The minimum atomic E-state index is 0. The van der Waals surface area contributed by atoms with E-state index >= 15 is 0 Å². The summed E-state index contributed by atoms with van der Waals surface area (Å²) in [5.41, 5.74) is 5.56. The van der Waals surface area contributed by atoms with Crippen LogP contribution < -0.4 is 46.7 Å². The van der Waals surface area contributed by atoms with E-state index in [1.165, 1.54) is 14.2 Å². The first-order valence-electron chi connectivity index (χ1n) is 10.1. The zero-order valence-corrected chi connectivity index (χ0v) is 23.3. The summed E-state index contributed by atoms with van der Waals surface area (Å²) in [4.78, 5) is 9.47. The Morgan fingerprint density at radius 3 is 1.25 bits per heavy atom. The summed E-state index contributed by atoms with van der Waals surface area (Å²) in [5, 5.41) is 21.2. The number of ether oxygens (including phenoxy) is 2. The maximum atomic E-state index is 10.6. The molecule has 4 rings (SSSR count). The number of hydrogen-bond donors (Lipinski definition) is 2. The Balaban J connectivity index is 0.00000306. The van der Waals surface area contributed by atoms with E-state index in [2.05, 4.69) is 0 Å². The third kappa shape index (κ3) is 6.75. The van der Waals surface area contributed by atoms with Crippen LogP contribution in [0.3, 0.4) is 0 Å². The first-order chi connectivity index (χ1) is 15.4. The summed E-state index contributed by atoms with van der Waals surface area (Å²) in [6.07, 6.45) is 0. The van der Waals surface area contributed by atoms with Gasteiger partial charge in [0.15, 0.2) is 23.0 Å². The molecule has 0 radical (unpaired) electrons. The molecular formula is C26H24Cl3MnN2O4. The summed E-state index contributed by atoms with van der Waals surface area (Å²) in [6, 6.07) is 18.4. The molecule has 0 aliphatic rings. The third-order valence-corrected chi connectivity index (χ3v) is 5.19. The molecule has 0 bridgehead atoms. The second-order valence-corrected chi connectivity index (χ2v) is 7.54. The monoisotopic (exact) mass is 588 g/mol. The van der Waals surface area contributed by atoms with Gasteiger partial charge in [-0.2, -0.15) is 0 Å². The van der Waals surface area contributed by atoms with Crippen molar-refractivity contribution in [2.24, 2.45) is 0 Å². The van der Waals surface area contributed by atoms with E-state index < -0.39 is 0 Å². The number of rotatable bonds is 5. The van der Waals surface area contributed by atoms with Gasteiger partial charge >= 0.3 is 17.1 Å². The van der Waals surface area contributed by atoms with Crippen LogP contribution in [0.25, 0.3) is 33.9 Å². The number of benzene rings is 2. The smallest absolute Gasteiger partial charge is 1.00 e. The molecule has 0 aliphatic carbocycles. The quantitative estimate of drug-likeness (QED) is 0.236. The van der Waals surface area contributed by atoms with Crippen LogP contribution in [0.2, 0.25) is 0 Å². The fraction of sp³-hybridized carbons (Fsp3) is 0.154. The van der Waals surface area contributed by atoms with E-state index in [0.717, 1.165) is 11.1 Å². The van der Waals surface area contributed by atoms with Gasteiger partial charge in [-0.05, 0) is 73.5 Å². The molecule has 0 atom stereocenters. The number of methoxy groups -OCH3 is 2. The number of nitrogens with zero attached hydrogens (tertiary/aromatic N) is 2. The first-order valence-corrected chi connectivity index (χ1v) is 10.1. The molecule has 4 aromatic rings. The molecule has 36 heavy (non-hydrogen) atoms. The van der Waals surface area contributed by atoms with E-state index in [4.69, 9.17) is 19.4 Å². The van der Waals surface area contributed by atoms with Crippen molar-refractivity contribution in [2.75, 3.05) is 14.2 Å². The molecule has 0 aliphatic heterocycles. The minimum Gasteiger partial charge on any atom is -1.00 e. The van der Waals surface area contributed by atoms with Crippen molar-refractivity contribution in [3.05, 3.63) is 71.8 Å². The summed E-state index contributed by atoms with van der Waals surface area (Å²) < 4.78 is 10.6. The number of aryl methyl sites for hydroxylation is 2. The summed E-state index contributed by atoms with van der Waals surface area (Å²) >= 11 is 0. The van der Waals surface area contributed by atoms with Gasteiger partial charge in [-0.1, -0.05) is 12.1 Å². The van der Waals surface area contributed by atoms with E-state index in [-0.39, 0.29) is 65.8 Å². The van der Waals surface area contributed by atoms with Crippen LogP contribution in [0.5, 0.6) is 23.0 Å². The van der Waals surface area contributed by atoms with E-state index in [0.29, 0.717) is 45.4 Å². The molecule has 2 heterocycles. The maximum Gasteiger partial charge on any atom is 3.00 e. The average Bonchev–Trinajstić information content (AvgIpc) is 2.81. The van der Waals surface area contributed by atoms with Crippen LogP contribution >= 0.6 is 0 Å². The SMILES string of the molecule is COc1cc(C)cc(-c2cccc(-c3cccc(-c4cc(C)cc(OC)c4O)n3)n2)c1O.[Cl-].[Cl-].[Cl-].[Mn+3]. The standard InChI is InChI=1S/C26H24N2O4.3ClH.Mn/c1-15-11-17(25(29)23(13-15)31-3)19-7-5-9-21(27-19)22-10-6-8-20(28-22)18-12-16(2)14-24(32-4)26(18)30;;;;/h5-14,29-30H,1-4H3;3*1H;/q;;;;+3/p-3. The fourth-order valence-electron chi connectivity index (χ4n) is 3.65. The second kappa shape index (κ2) is 14.2. The van der Waals surface area contributed by atoms with Gasteiger partial charge in [0.25, 0.3) is 0 Å². The number of hydrogen-bond acceptors (Lipinski definition) is 6. The number of phenols is 2. The molecular weight excluding hydrogens is 566 g/mol. The zero-order chi connectivity index (χ0) is 22.8. The van der Waals surface area contributed by atoms with Gasteiger partial charge in [-0.15, -0.1) is 0 Å². The Bertz CT molecular complexity index is 1220. The fourth-order valence-corrected chi connectivity index (χ4v) is 3.65. The van der Waals surface area contributed by atoms with Crippen LogP contribution in [-0.2, 0) is 17.1 Å². The number of pyridine rings is 2. The van der Waals surface area contributed by atoms with Gasteiger partial charge in [-0.3, -0.25) is 0 Å². The minimum absolute atomic E-state index is 0. The van der Waals surface area contributed by atoms with Gasteiger partial charge in [-0.25, -0.2) is 9.97 Å². The maximum absolute atomic E-state index is 10.6. The summed E-state index contributed by atoms with van der Waals surface area (Å²) in [6.45, 7) is 3.87. The molecule has 0 fully saturated rings. The molecule has 0 saturated carbocycles. The van der Waals surface area contributed by atoms with E-state index in [1.54, 1.807) is 12.1 Å². The van der Waals surface area contributed by atoms with Crippen molar-refractivity contribution < 1.29 is 74.0 Å². The van der Waals surface area contributed by atoms with E-state index in [1.807, 2.05) is 62.4 Å². The van der Waals surface area contributed by atoms with Gasteiger partial charge in [0.2, 0.25) is 0 Å². The normalized spacial score (nSPS) is 9.56. The molecule has 6 nitrogen and oxygen atoms in total. The Morgan fingerprint density at radius 1 is 0.583 bits per heavy atom. The summed E-state index contributed by atoms with van der Waals surface area (Å²) in [5.74, 6) is 0.884. The predicted octanol–water partition coefficient (Wildman–Crippen LogP) is -3.47. The topological polar surface area (TPSA) is 84.7 Å². The average molecular weight is 590 g/mol. The molecule has 10 heteroatoms. The molecule has 0 unspecified atom stereocenters. The van der Waals surface area contributed by atoms with Crippen LogP contribution in [-0.4, -0.2) is 34.4 Å². The van der Waals surface area contributed by atoms with Crippen molar-refractivity contribution in [3.8, 4) is 56.9 Å². The van der Waals surface area contributed by atoms with Crippen LogP contribution in [0.1, 0.15) is 11.1 Å². The number of phenolic OH excluding ortho intramolecular Hbond substituents is 2. The van der Waals surface area contributed by atoms with Crippen molar-refractivity contribution in [2.45, 2.75) is 13.8 Å². The van der Waals surface area contributed by atoms with Crippen LogP contribution in [0.15, 0.2) is 60.7 Å². The van der Waals surface area contributed by atoms with E-state index in [9.17, 15) is 10.2 Å². The number of halogens is 3. The predicted molar refractivity (Wildman–Crippen MR) is 124 cm³/mol. The summed E-state index contributed by atoms with van der Waals surface area (Å²) in [7, 11) is 3.04. The van der Waals surface area contributed by atoms with Crippen molar-refractivity contribution in [3.63, 3.8) is 0 Å². The van der Waals surface area contributed by atoms with Crippen molar-refractivity contribution in [1.82, 2.24) is 9.97 Å². The molecule has 0 spiro atoms. The Kier molecular flexibility index (Phi) is 13.1. The Morgan fingerprint density at radius 2 is 0.917 bits per heavy atom. The largest absolute Gasteiger partial charge is 3.00 e. The van der Waals surface area contributed by atoms with Crippen LogP contribution in [0, 0.1) is 13.8 Å². The Labute approximate surface area is 239 Å².